The van der Waals surface area contributed by atoms with Crippen molar-refractivity contribution in [1.82, 2.24) is 5.32 Å². The topological polar surface area (TPSA) is 93.4 Å². The van der Waals surface area contributed by atoms with Crippen LogP contribution in [0.2, 0.25) is 0 Å². The lowest BCUT2D eigenvalue weighted by Crippen LogP contribution is -2.38. The molecule has 4 N–H and O–H groups in total. The summed E-state index contributed by atoms with van der Waals surface area (Å²) in [6.45, 7) is 0. The summed E-state index contributed by atoms with van der Waals surface area (Å²) in [4.78, 5) is 22.8. The molecule has 0 spiro atoms. The molecule has 18 heavy (non-hydrogen) atoms. The molecule has 0 bridgehead atoms. The Balaban J connectivity index is 2.03. The Morgan fingerprint density at radius 1 is 1.61 bits per heavy atom. The zero-order chi connectivity index (χ0) is 13.1. The van der Waals surface area contributed by atoms with Crippen LogP contribution in [-0.2, 0) is 4.79 Å². The van der Waals surface area contributed by atoms with Crippen molar-refractivity contribution in [2.45, 2.75) is 6.04 Å². The van der Waals surface area contributed by atoms with Gasteiger partial charge in [0, 0.05) is 11.4 Å². The molecule has 1 aliphatic rings. The highest BCUT2D eigenvalue weighted by atomic mass is 32.2. The van der Waals surface area contributed by atoms with Gasteiger partial charge >= 0.3 is 0 Å². The van der Waals surface area contributed by atoms with E-state index >= 15 is 0 Å². The van der Waals surface area contributed by atoms with Crippen molar-refractivity contribution in [2.75, 3.05) is 23.9 Å². The number of anilines is 2. The molecule has 6 nitrogen and oxygen atoms in total. The minimum atomic E-state index is -0.495. The molecule has 0 unspecified atom stereocenters. The molecule has 1 heterocycles. The largest absolute Gasteiger partial charge is 0.495 e. The van der Waals surface area contributed by atoms with Gasteiger partial charge < -0.3 is 21.1 Å². The van der Waals surface area contributed by atoms with E-state index in [1.807, 2.05) is 0 Å². The van der Waals surface area contributed by atoms with Gasteiger partial charge in [0.1, 0.15) is 11.8 Å². The fourth-order valence-electron chi connectivity index (χ4n) is 1.57. The van der Waals surface area contributed by atoms with E-state index in [0.717, 1.165) is 11.8 Å². The smallest absolute Gasteiger partial charge is 0.279 e. The number of amides is 2. The Labute approximate surface area is 108 Å². The summed E-state index contributed by atoms with van der Waals surface area (Å²) in [5.74, 6) is 0.742. The molecule has 2 amide bonds. The van der Waals surface area contributed by atoms with Gasteiger partial charge in [-0.05, 0) is 18.2 Å². The number of nitrogen functional groups attached to an aromatic ring is 1. The molecule has 1 aromatic rings. The minimum absolute atomic E-state index is 0.176. The summed E-state index contributed by atoms with van der Waals surface area (Å²) in [6.07, 6.45) is 0. The second-order valence-corrected chi connectivity index (χ2v) is 4.73. The summed E-state index contributed by atoms with van der Waals surface area (Å²) >= 11 is 1.10. The lowest BCUT2D eigenvalue weighted by atomic mass is 10.2. The summed E-state index contributed by atoms with van der Waals surface area (Å²) in [6, 6.07) is 4.48. The number of carbonyl (C=O) groups is 2. The number of nitrogens with two attached hydrogens (primary N) is 1. The van der Waals surface area contributed by atoms with E-state index < -0.39 is 6.04 Å². The van der Waals surface area contributed by atoms with Crippen LogP contribution in [0, 0.1) is 0 Å². The van der Waals surface area contributed by atoms with Gasteiger partial charge in [0.2, 0.25) is 5.91 Å². The molecule has 1 atom stereocenters. The number of methoxy groups -OCH3 is 1. The summed E-state index contributed by atoms with van der Waals surface area (Å²) in [5.41, 5.74) is 6.75. The molecule has 1 saturated heterocycles. The van der Waals surface area contributed by atoms with Gasteiger partial charge in [0.25, 0.3) is 5.24 Å². The number of benzene rings is 1. The lowest BCUT2D eigenvalue weighted by molar-refractivity contribution is -0.117. The van der Waals surface area contributed by atoms with Crippen molar-refractivity contribution in [2.24, 2.45) is 0 Å². The third-order valence-electron chi connectivity index (χ3n) is 2.49. The molecule has 0 aromatic heterocycles. The summed E-state index contributed by atoms with van der Waals surface area (Å²) in [5, 5.41) is 5.08. The SMILES string of the molecule is COc1ccc(NC(=O)[C@@H]2CSC(=O)N2)cc1N. The first-order valence-electron chi connectivity index (χ1n) is 5.28. The Morgan fingerprint density at radius 3 is 2.94 bits per heavy atom. The zero-order valence-corrected chi connectivity index (χ0v) is 10.5. The molecular formula is C11H13N3O3S. The average Bonchev–Trinajstić information content (AvgIpc) is 2.76. The van der Waals surface area contributed by atoms with Crippen molar-refractivity contribution in [1.29, 1.82) is 0 Å². The predicted octanol–water partition coefficient (Wildman–Crippen LogP) is 1.04. The van der Waals surface area contributed by atoms with Crippen LogP contribution < -0.4 is 21.1 Å². The molecule has 7 heteroatoms. The van der Waals surface area contributed by atoms with E-state index in [1.165, 1.54) is 7.11 Å². The molecule has 1 aliphatic heterocycles. The molecule has 1 fully saturated rings. The van der Waals surface area contributed by atoms with Gasteiger partial charge in [-0.1, -0.05) is 11.8 Å². The van der Waals surface area contributed by atoms with Crippen LogP contribution in [0.1, 0.15) is 0 Å². The monoisotopic (exact) mass is 267 g/mol. The van der Waals surface area contributed by atoms with Crippen LogP contribution in [0.15, 0.2) is 18.2 Å². The molecule has 1 aromatic carbocycles. The molecule has 2 rings (SSSR count). The van der Waals surface area contributed by atoms with Crippen LogP contribution in [0.4, 0.5) is 16.2 Å². The highest BCUT2D eigenvalue weighted by Gasteiger charge is 2.27. The Bertz CT molecular complexity index is 492. The van der Waals surface area contributed by atoms with Gasteiger partial charge in [-0.25, -0.2) is 0 Å². The first-order chi connectivity index (χ1) is 8.60. The summed E-state index contributed by atoms with van der Waals surface area (Å²) in [7, 11) is 1.52. The van der Waals surface area contributed by atoms with Crippen LogP contribution in [0.5, 0.6) is 5.75 Å². The number of rotatable bonds is 3. The first kappa shape index (κ1) is 12.6. The third kappa shape index (κ3) is 2.67. The van der Waals surface area contributed by atoms with E-state index in [2.05, 4.69) is 10.6 Å². The van der Waals surface area contributed by atoms with Gasteiger partial charge in [-0.15, -0.1) is 0 Å². The average molecular weight is 267 g/mol. The standard InChI is InChI=1S/C11H13N3O3S/c1-17-9-3-2-6(4-7(9)12)13-10(15)8-5-18-11(16)14-8/h2-4,8H,5,12H2,1H3,(H,13,15)(H,14,16)/t8-/m0/s1. The van der Waals surface area contributed by atoms with Crippen LogP contribution in [0.25, 0.3) is 0 Å². The van der Waals surface area contributed by atoms with Crippen molar-refractivity contribution < 1.29 is 14.3 Å². The second-order valence-electron chi connectivity index (χ2n) is 3.74. The zero-order valence-electron chi connectivity index (χ0n) is 9.73. The predicted molar refractivity (Wildman–Crippen MR) is 70.8 cm³/mol. The van der Waals surface area contributed by atoms with Crippen LogP contribution in [0.3, 0.4) is 0 Å². The normalized spacial score (nSPS) is 18.3. The number of hydrogen-bond donors (Lipinski definition) is 3. The fraction of sp³-hybridized carbons (Fsp3) is 0.273. The third-order valence-corrected chi connectivity index (χ3v) is 3.37. The van der Waals surface area contributed by atoms with Crippen molar-refractivity contribution in [3.8, 4) is 5.75 Å². The lowest BCUT2D eigenvalue weighted by Gasteiger charge is -2.11. The van der Waals surface area contributed by atoms with Gasteiger partial charge in [-0.2, -0.15) is 0 Å². The van der Waals surface area contributed by atoms with Crippen LogP contribution >= 0.6 is 11.8 Å². The van der Waals surface area contributed by atoms with Crippen molar-refractivity contribution in [3.63, 3.8) is 0 Å². The maximum atomic E-state index is 11.8. The number of carbonyl (C=O) groups excluding carboxylic acids is 2. The van der Waals surface area contributed by atoms with E-state index in [-0.39, 0.29) is 11.1 Å². The number of ether oxygens (including phenoxy) is 1. The van der Waals surface area contributed by atoms with E-state index in [4.69, 9.17) is 10.5 Å². The first-order valence-corrected chi connectivity index (χ1v) is 6.26. The maximum absolute atomic E-state index is 11.8. The number of nitrogens with one attached hydrogen (secondary N) is 2. The maximum Gasteiger partial charge on any atom is 0.279 e. The molecule has 0 radical (unpaired) electrons. The van der Waals surface area contributed by atoms with E-state index in [1.54, 1.807) is 18.2 Å². The fourth-order valence-corrected chi connectivity index (χ4v) is 2.35. The van der Waals surface area contributed by atoms with Gasteiger partial charge in [0.15, 0.2) is 0 Å². The molecule has 0 aliphatic carbocycles. The number of thioether (sulfide) groups is 1. The van der Waals surface area contributed by atoms with E-state index in [0.29, 0.717) is 22.9 Å². The van der Waals surface area contributed by atoms with E-state index in [9.17, 15) is 9.59 Å². The molecule has 0 saturated carbocycles. The van der Waals surface area contributed by atoms with Crippen LogP contribution in [-0.4, -0.2) is 30.1 Å². The minimum Gasteiger partial charge on any atom is -0.495 e. The van der Waals surface area contributed by atoms with Crippen molar-refractivity contribution >= 4 is 34.3 Å². The van der Waals surface area contributed by atoms with Gasteiger partial charge in [-0.3, -0.25) is 9.59 Å². The Morgan fingerprint density at radius 2 is 2.39 bits per heavy atom. The quantitative estimate of drug-likeness (QED) is 0.711. The molecular weight excluding hydrogens is 254 g/mol. The Kier molecular flexibility index (Phi) is 3.61. The molecule has 96 valence electrons. The summed E-state index contributed by atoms with van der Waals surface area (Å²) < 4.78 is 5.02. The highest BCUT2D eigenvalue weighted by Crippen LogP contribution is 2.25. The Hall–Kier alpha value is -1.89. The number of hydrogen-bond acceptors (Lipinski definition) is 5. The second kappa shape index (κ2) is 5.18. The van der Waals surface area contributed by atoms with Crippen molar-refractivity contribution in [3.05, 3.63) is 18.2 Å². The van der Waals surface area contributed by atoms with Gasteiger partial charge in [0.05, 0.1) is 12.8 Å². The highest BCUT2D eigenvalue weighted by molar-refractivity contribution is 8.14.